The molecule has 0 aliphatic carbocycles. The van der Waals surface area contributed by atoms with Gasteiger partial charge < -0.3 is 9.64 Å². The highest BCUT2D eigenvalue weighted by Gasteiger charge is 2.65. The minimum absolute atomic E-state index is 0.134. The predicted octanol–water partition coefficient (Wildman–Crippen LogP) is 4.21. The summed E-state index contributed by atoms with van der Waals surface area (Å²) in [6.07, 6.45) is 0. The summed E-state index contributed by atoms with van der Waals surface area (Å²) >= 11 is 0. The van der Waals surface area contributed by atoms with Crippen molar-refractivity contribution in [3.63, 3.8) is 0 Å². The van der Waals surface area contributed by atoms with Crippen molar-refractivity contribution in [3.8, 4) is 0 Å². The van der Waals surface area contributed by atoms with Gasteiger partial charge in [0.1, 0.15) is 12.1 Å². The second kappa shape index (κ2) is 4.85. The van der Waals surface area contributed by atoms with E-state index in [-0.39, 0.29) is 17.1 Å². The van der Waals surface area contributed by atoms with Crippen LogP contribution in [0.25, 0.3) is 0 Å². The van der Waals surface area contributed by atoms with E-state index in [0.717, 1.165) is 5.90 Å². The van der Waals surface area contributed by atoms with Crippen LogP contribution in [-0.4, -0.2) is 23.6 Å². The average molecular weight is 306 g/mol. The Hall–Kier alpha value is -2.29. The lowest BCUT2D eigenvalue weighted by Crippen LogP contribution is -2.26. The van der Waals surface area contributed by atoms with Gasteiger partial charge in [-0.15, -0.1) is 0 Å². The molecule has 0 spiro atoms. The minimum atomic E-state index is -0.212. The van der Waals surface area contributed by atoms with Crippen molar-refractivity contribution in [2.24, 2.45) is 4.99 Å². The van der Waals surface area contributed by atoms with Crippen LogP contribution in [-0.2, 0) is 4.74 Å². The van der Waals surface area contributed by atoms with E-state index in [0.29, 0.717) is 6.61 Å². The molecule has 0 saturated carbocycles. The van der Waals surface area contributed by atoms with Crippen molar-refractivity contribution in [1.29, 1.82) is 0 Å². The Bertz CT molecular complexity index is 691. The summed E-state index contributed by atoms with van der Waals surface area (Å²) < 4.78 is 6.01. The first kappa shape index (κ1) is 14.3. The molecule has 0 bridgehead atoms. The smallest absolute Gasteiger partial charge is 0.213 e. The fourth-order valence-corrected chi connectivity index (χ4v) is 3.57. The average Bonchev–Trinajstić information content (AvgIpc) is 3.03. The van der Waals surface area contributed by atoms with Crippen LogP contribution < -0.4 is 4.90 Å². The highest BCUT2D eigenvalue weighted by molar-refractivity contribution is 5.98. The molecule has 1 fully saturated rings. The Morgan fingerprint density at radius 2 is 1.57 bits per heavy atom. The topological polar surface area (TPSA) is 24.6 Å². The summed E-state index contributed by atoms with van der Waals surface area (Å²) in [6, 6.07) is 21.4. The lowest BCUT2D eigenvalue weighted by Gasteiger charge is -2.12. The van der Waals surface area contributed by atoms with Crippen LogP contribution in [0.5, 0.6) is 0 Å². The van der Waals surface area contributed by atoms with Gasteiger partial charge in [-0.1, -0.05) is 48.5 Å². The predicted molar refractivity (Wildman–Crippen MR) is 94.0 cm³/mol. The van der Waals surface area contributed by atoms with Gasteiger partial charge in [-0.05, 0) is 38.5 Å². The van der Waals surface area contributed by atoms with Crippen LogP contribution in [0, 0.1) is 0 Å². The van der Waals surface area contributed by atoms with Gasteiger partial charge in [-0.3, -0.25) is 0 Å². The summed E-state index contributed by atoms with van der Waals surface area (Å²) in [6.45, 7) is 7.13. The van der Waals surface area contributed by atoms with Crippen LogP contribution in [0.1, 0.15) is 32.4 Å². The molecule has 0 amide bonds. The molecule has 1 saturated heterocycles. The second-order valence-electron chi connectivity index (χ2n) is 7.18. The molecule has 0 radical (unpaired) electrons. The zero-order valence-corrected chi connectivity index (χ0v) is 13.9. The Morgan fingerprint density at radius 1 is 0.957 bits per heavy atom. The van der Waals surface area contributed by atoms with Crippen molar-refractivity contribution < 1.29 is 4.74 Å². The largest absolute Gasteiger partial charge is 0.477 e. The van der Waals surface area contributed by atoms with Crippen molar-refractivity contribution in [2.75, 3.05) is 11.5 Å². The molecule has 4 rings (SSSR count). The lowest BCUT2D eigenvalue weighted by atomic mass is 10.0. The van der Waals surface area contributed by atoms with E-state index in [4.69, 9.17) is 9.73 Å². The molecule has 118 valence electrons. The van der Waals surface area contributed by atoms with Crippen molar-refractivity contribution in [2.45, 2.75) is 37.9 Å². The summed E-state index contributed by atoms with van der Waals surface area (Å²) in [7, 11) is 0. The lowest BCUT2D eigenvalue weighted by molar-refractivity contribution is 0.270. The van der Waals surface area contributed by atoms with E-state index < -0.39 is 0 Å². The van der Waals surface area contributed by atoms with Crippen LogP contribution in [0.3, 0.4) is 0 Å². The molecule has 0 aromatic heterocycles. The van der Waals surface area contributed by atoms with Crippen LogP contribution >= 0.6 is 0 Å². The zero-order chi connectivity index (χ0) is 16.1. The van der Waals surface area contributed by atoms with E-state index in [1.165, 1.54) is 11.3 Å². The number of aliphatic imine (C=N–C) groups is 1. The van der Waals surface area contributed by atoms with E-state index in [2.05, 4.69) is 86.3 Å². The number of benzene rings is 2. The maximum atomic E-state index is 6.01. The standard InChI is InChI=1S/C20H22N2O/c1-19(2)14-23-18(21-19)20(3)17(15-10-6-4-7-11-15)22(20)16-12-8-5-9-13-16/h4-13,17H,14H2,1-3H3/t17-,20+,22?/m0/s1. The third-order valence-electron chi connectivity index (χ3n) is 4.77. The molecule has 2 aliphatic rings. The maximum Gasteiger partial charge on any atom is 0.213 e. The molecule has 3 heteroatoms. The van der Waals surface area contributed by atoms with Gasteiger partial charge in [0.05, 0.1) is 11.6 Å². The highest BCUT2D eigenvalue weighted by Crippen LogP contribution is 2.57. The molecule has 2 aromatic carbocycles. The number of para-hydroxylation sites is 1. The van der Waals surface area contributed by atoms with Gasteiger partial charge in [0.15, 0.2) is 0 Å². The first-order valence-corrected chi connectivity index (χ1v) is 8.15. The van der Waals surface area contributed by atoms with E-state index >= 15 is 0 Å². The molecule has 0 unspecified atom stereocenters. The molecule has 2 heterocycles. The fourth-order valence-electron chi connectivity index (χ4n) is 3.57. The number of anilines is 1. The third-order valence-corrected chi connectivity index (χ3v) is 4.77. The normalized spacial score (nSPS) is 28.2. The zero-order valence-electron chi connectivity index (χ0n) is 13.9. The van der Waals surface area contributed by atoms with Gasteiger partial charge in [0.25, 0.3) is 0 Å². The quantitative estimate of drug-likeness (QED) is 0.793. The summed E-state index contributed by atoms with van der Waals surface area (Å²) in [4.78, 5) is 7.26. The van der Waals surface area contributed by atoms with Crippen molar-refractivity contribution >= 4 is 11.6 Å². The highest BCUT2D eigenvalue weighted by atomic mass is 16.5. The first-order valence-electron chi connectivity index (χ1n) is 8.15. The number of nitrogens with zero attached hydrogens (tertiary/aromatic N) is 2. The SMILES string of the molecule is CC1(C)COC([C@@]2(C)[C@H](c3ccccc3)N2c2ccccc2)=N1. The van der Waals surface area contributed by atoms with Crippen LogP contribution in [0.2, 0.25) is 0 Å². The van der Waals surface area contributed by atoms with Gasteiger partial charge in [0.2, 0.25) is 5.90 Å². The Balaban J connectivity index is 1.77. The van der Waals surface area contributed by atoms with Crippen LogP contribution in [0.4, 0.5) is 5.69 Å². The van der Waals surface area contributed by atoms with E-state index in [9.17, 15) is 0 Å². The Morgan fingerprint density at radius 3 is 2.13 bits per heavy atom. The molecule has 23 heavy (non-hydrogen) atoms. The summed E-state index contributed by atoms with van der Waals surface area (Å²) in [5, 5.41) is 0. The number of ether oxygens (including phenoxy) is 1. The molecular formula is C20H22N2O. The molecule has 2 aromatic rings. The fraction of sp³-hybridized carbons (Fsp3) is 0.350. The molecule has 0 N–H and O–H groups in total. The maximum absolute atomic E-state index is 6.01. The first-order chi connectivity index (χ1) is 11.0. The second-order valence-corrected chi connectivity index (χ2v) is 7.18. The van der Waals surface area contributed by atoms with E-state index in [1.54, 1.807) is 0 Å². The Labute approximate surface area is 137 Å². The summed E-state index contributed by atoms with van der Waals surface area (Å²) in [5.74, 6) is 0.861. The van der Waals surface area contributed by atoms with Crippen LogP contribution in [0.15, 0.2) is 65.7 Å². The number of hydrogen-bond donors (Lipinski definition) is 0. The molecular weight excluding hydrogens is 284 g/mol. The summed E-state index contributed by atoms with van der Waals surface area (Å²) in [5.41, 5.74) is 2.16. The van der Waals surface area contributed by atoms with Crippen molar-refractivity contribution in [3.05, 3.63) is 66.2 Å². The molecule has 3 nitrogen and oxygen atoms in total. The molecule has 2 atom stereocenters. The van der Waals surface area contributed by atoms with Crippen molar-refractivity contribution in [1.82, 2.24) is 0 Å². The third kappa shape index (κ3) is 2.23. The van der Waals surface area contributed by atoms with Gasteiger partial charge in [-0.25, -0.2) is 4.99 Å². The number of rotatable bonds is 3. The Kier molecular flexibility index (Phi) is 3.02. The minimum Gasteiger partial charge on any atom is -0.477 e. The molecule has 2 aliphatic heterocycles. The van der Waals surface area contributed by atoms with Gasteiger partial charge in [-0.2, -0.15) is 0 Å². The van der Waals surface area contributed by atoms with Gasteiger partial charge >= 0.3 is 0 Å². The number of hydrogen-bond acceptors (Lipinski definition) is 3. The van der Waals surface area contributed by atoms with E-state index in [1.807, 2.05) is 0 Å². The monoisotopic (exact) mass is 306 g/mol. The van der Waals surface area contributed by atoms with Gasteiger partial charge in [0, 0.05) is 5.69 Å².